The zero-order chi connectivity index (χ0) is 18.8. The third-order valence-electron chi connectivity index (χ3n) is 4.35. The van der Waals surface area contributed by atoms with Crippen LogP contribution >= 0.6 is 11.3 Å². The molecule has 1 fully saturated rings. The largest absolute Gasteiger partial charge is 0.469 e. The fourth-order valence-electron chi connectivity index (χ4n) is 3.00. The summed E-state index contributed by atoms with van der Waals surface area (Å²) in [6, 6.07) is 1.80. The Morgan fingerprint density at radius 2 is 2.22 bits per heavy atom. The average molecular weight is 386 g/mol. The van der Waals surface area contributed by atoms with Gasteiger partial charge in [-0.3, -0.25) is 4.79 Å². The van der Waals surface area contributed by atoms with E-state index in [4.69, 9.17) is 20.2 Å². The summed E-state index contributed by atoms with van der Waals surface area (Å²) in [5.41, 5.74) is 7.09. The summed E-state index contributed by atoms with van der Waals surface area (Å²) in [6.07, 6.45) is 3.43. The predicted molar refractivity (Wildman–Crippen MR) is 101 cm³/mol. The highest BCUT2D eigenvalue weighted by Gasteiger charge is 2.29. The van der Waals surface area contributed by atoms with Crippen molar-refractivity contribution in [1.29, 1.82) is 0 Å². The van der Waals surface area contributed by atoms with Crippen molar-refractivity contribution in [2.24, 2.45) is 0 Å². The van der Waals surface area contributed by atoms with Gasteiger partial charge in [-0.05, 0) is 11.4 Å². The van der Waals surface area contributed by atoms with E-state index < -0.39 is 0 Å². The summed E-state index contributed by atoms with van der Waals surface area (Å²) in [5.74, 6) is 1.21. The SMILES string of the molecule is COC(=O)CC1COCCN1c1nc(-c2cnc(N)nc2)nc2ccsc12. The van der Waals surface area contributed by atoms with Crippen LogP contribution in [0.1, 0.15) is 6.42 Å². The van der Waals surface area contributed by atoms with Crippen molar-refractivity contribution in [2.75, 3.05) is 37.5 Å². The molecule has 0 bridgehead atoms. The molecule has 1 saturated heterocycles. The number of fused-ring (bicyclic) bond motifs is 1. The lowest BCUT2D eigenvalue weighted by atomic mass is 10.1. The molecule has 4 heterocycles. The van der Waals surface area contributed by atoms with E-state index in [-0.39, 0.29) is 24.4 Å². The van der Waals surface area contributed by atoms with Gasteiger partial charge in [0.05, 0.1) is 48.6 Å². The first kappa shape index (κ1) is 17.6. The van der Waals surface area contributed by atoms with Crippen LogP contribution in [0.3, 0.4) is 0 Å². The number of aromatic nitrogens is 4. The zero-order valence-corrected chi connectivity index (χ0v) is 15.5. The Balaban J connectivity index is 1.78. The number of nitrogen functional groups attached to an aromatic ring is 1. The molecular formula is C17H18N6O3S. The Kier molecular flexibility index (Phi) is 4.82. The standard InChI is InChI=1S/C17H18N6O3S/c1-25-13(24)6-11-9-26-4-3-23(11)16-14-12(2-5-27-14)21-15(22-16)10-7-19-17(18)20-8-10/h2,5,7-8,11H,3-4,6,9H2,1H3,(H2,18,19,20). The highest BCUT2D eigenvalue weighted by Crippen LogP contribution is 2.33. The van der Waals surface area contributed by atoms with Crippen molar-refractivity contribution in [3.63, 3.8) is 0 Å². The molecule has 1 atom stereocenters. The zero-order valence-electron chi connectivity index (χ0n) is 14.7. The van der Waals surface area contributed by atoms with Crippen LogP contribution in [0.4, 0.5) is 11.8 Å². The van der Waals surface area contributed by atoms with E-state index in [0.29, 0.717) is 31.1 Å². The van der Waals surface area contributed by atoms with Crippen molar-refractivity contribution in [1.82, 2.24) is 19.9 Å². The highest BCUT2D eigenvalue weighted by atomic mass is 32.1. The molecule has 0 aromatic carbocycles. The van der Waals surface area contributed by atoms with Crippen LogP contribution < -0.4 is 10.6 Å². The molecule has 9 nitrogen and oxygen atoms in total. The summed E-state index contributed by atoms with van der Waals surface area (Å²) in [5, 5.41) is 1.97. The van der Waals surface area contributed by atoms with Gasteiger partial charge < -0.3 is 20.1 Å². The number of anilines is 2. The van der Waals surface area contributed by atoms with Gasteiger partial charge in [-0.1, -0.05) is 0 Å². The number of morpholine rings is 1. The van der Waals surface area contributed by atoms with Gasteiger partial charge >= 0.3 is 5.97 Å². The third kappa shape index (κ3) is 3.53. The summed E-state index contributed by atoms with van der Waals surface area (Å²) in [6.45, 7) is 1.63. The van der Waals surface area contributed by atoms with Crippen molar-refractivity contribution >= 4 is 39.3 Å². The van der Waals surface area contributed by atoms with Crippen molar-refractivity contribution in [2.45, 2.75) is 12.5 Å². The number of methoxy groups -OCH3 is 1. The van der Waals surface area contributed by atoms with Crippen LogP contribution in [0.25, 0.3) is 21.6 Å². The van der Waals surface area contributed by atoms with Crippen LogP contribution in [-0.2, 0) is 14.3 Å². The highest BCUT2D eigenvalue weighted by molar-refractivity contribution is 7.17. The van der Waals surface area contributed by atoms with Gasteiger partial charge in [-0.25, -0.2) is 19.9 Å². The predicted octanol–water partition coefficient (Wildman–Crippen LogP) is 1.50. The third-order valence-corrected chi connectivity index (χ3v) is 5.24. The van der Waals surface area contributed by atoms with E-state index in [0.717, 1.165) is 16.0 Å². The lowest BCUT2D eigenvalue weighted by molar-refractivity contribution is -0.141. The average Bonchev–Trinajstić information content (AvgIpc) is 3.17. The summed E-state index contributed by atoms with van der Waals surface area (Å²) < 4.78 is 11.4. The molecule has 10 heteroatoms. The van der Waals surface area contributed by atoms with Crippen LogP contribution in [0.5, 0.6) is 0 Å². The molecule has 0 spiro atoms. The van der Waals surface area contributed by atoms with Crippen molar-refractivity contribution in [3.05, 3.63) is 23.8 Å². The number of carbonyl (C=O) groups excluding carboxylic acids is 1. The number of esters is 1. The second-order valence-electron chi connectivity index (χ2n) is 6.04. The number of rotatable bonds is 4. The molecule has 1 aliphatic heterocycles. The van der Waals surface area contributed by atoms with Gasteiger partial charge in [0.25, 0.3) is 0 Å². The van der Waals surface area contributed by atoms with Crippen LogP contribution in [0, 0.1) is 0 Å². The van der Waals surface area contributed by atoms with Crippen molar-refractivity contribution in [3.8, 4) is 11.4 Å². The summed E-state index contributed by atoms with van der Waals surface area (Å²) in [4.78, 5) is 31.4. The molecule has 27 heavy (non-hydrogen) atoms. The topological polar surface area (TPSA) is 116 Å². The number of carbonyl (C=O) groups is 1. The molecule has 1 unspecified atom stereocenters. The minimum Gasteiger partial charge on any atom is -0.469 e. The molecule has 1 aliphatic rings. The summed E-state index contributed by atoms with van der Waals surface area (Å²) >= 11 is 1.57. The summed E-state index contributed by atoms with van der Waals surface area (Å²) in [7, 11) is 1.39. The van der Waals surface area contributed by atoms with E-state index in [1.165, 1.54) is 7.11 Å². The molecule has 0 aliphatic carbocycles. The minimum absolute atomic E-state index is 0.151. The first-order chi connectivity index (χ1) is 13.2. The molecule has 4 rings (SSSR count). The lowest BCUT2D eigenvalue weighted by Crippen LogP contribution is -2.47. The molecule has 2 N–H and O–H groups in total. The molecular weight excluding hydrogens is 368 g/mol. The van der Waals surface area contributed by atoms with Crippen LogP contribution in [-0.4, -0.2) is 58.8 Å². The van der Waals surface area contributed by atoms with Gasteiger partial charge in [-0.2, -0.15) is 0 Å². The van der Waals surface area contributed by atoms with Crippen LogP contribution in [0.2, 0.25) is 0 Å². The number of hydrogen-bond acceptors (Lipinski definition) is 10. The van der Waals surface area contributed by atoms with E-state index in [1.807, 2.05) is 11.4 Å². The van der Waals surface area contributed by atoms with Gasteiger partial charge in [0.15, 0.2) is 11.6 Å². The maximum absolute atomic E-state index is 11.8. The Morgan fingerprint density at radius 1 is 1.41 bits per heavy atom. The smallest absolute Gasteiger partial charge is 0.307 e. The molecule has 3 aromatic heterocycles. The van der Waals surface area contributed by atoms with Gasteiger partial charge in [0.1, 0.15) is 0 Å². The minimum atomic E-state index is -0.279. The molecule has 0 amide bonds. The van der Waals surface area contributed by atoms with Gasteiger partial charge in [0.2, 0.25) is 5.95 Å². The van der Waals surface area contributed by atoms with Gasteiger partial charge in [0, 0.05) is 18.9 Å². The quantitative estimate of drug-likeness (QED) is 0.666. The van der Waals surface area contributed by atoms with E-state index in [1.54, 1.807) is 23.7 Å². The lowest BCUT2D eigenvalue weighted by Gasteiger charge is -2.36. The Labute approximate surface area is 159 Å². The monoisotopic (exact) mass is 386 g/mol. The number of nitrogens with zero attached hydrogens (tertiary/aromatic N) is 5. The Morgan fingerprint density at radius 3 is 3.00 bits per heavy atom. The first-order valence-electron chi connectivity index (χ1n) is 8.40. The molecule has 0 saturated carbocycles. The second-order valence-corrected chi connectivity index (χ2v) is 6.95. The maximum Gasteiger partial charge on any atom is 0.307 e. The number of nitrogens with two attached hydrogens (primary N) is 1. The molecule has 3 aromatic rings. The number of hydrogen-bond donors (Lipinski definition) is 1. The first-order valence-corrected chi connectivity index (χ1v) is 9.28. The van der Waals surface area contributed by atoms with E-state index >= 15 is 0 Å². The normalized spacial score (nSPS) is 17.2. The van der Waals surface area contributed by atoms with E-state index in [2.05, 4.69) is 19.9 Å². The fraction of sp³-hybridized carbons (Fsp3) is 0.353. The maximum atomic E-state index is 11.8. The Bertz CT molecular complexity index is 961. The number of ether oxygens (including phenoxy) is 2. The molecule has 0 radical (unpaired) electrons. The number of thiophene rings is 1. The second kappa shape index (κ2) is 7.41. The fourth-order valence-corrected chi connectivity index (χ4v) is 3.84. The van der Waals surface area contributed by atoms with Crippen molar-refractivity contribution < 1.29 is 14.3 Å². The Hall–Kier alpha value is -2.85. The van der Waals surface area contributed by atoms with Gasteiger partial charge in [-0.15, -0.1) is 11.3 Å². The van der Waals surface area contributed by atoms with Crippen LogP contribution in [0.15, 0.2) is 23.8 Å². The molecule has 140 valence electrons. The van der Waals surface area contributed by atoms with E-state index in [9.17, 15) is 4.79 Å².